The van der Waals surface area contributed by atoms with E-state index in [4.69, 9.17) is 5.11 Å². The second-order valence-electron chi connectivity index (χ2n) is 3.05. The molecule has 0 aliphatic heterocycles. The fraction of sp³-hybridized carbons (Fsp3) is 0.500. The Balaban J connectivity index is 2.71. The molecule has 0 aromatic carbocycles. The highest BCUT2D eigenvalue weighted by atomic mass is 19.1. The van der Waals surface area contributed by atoms with E-state index in [1.807, 2.05) is 11.8 Å². The van der Waals surface area contributed by atoms with Gasteiger partial charge in [-0.1, -0.05) is 6.92 Å². The third kappa shape index (κ3) is 2.96. The van der Waals surface area contributed by atoms with Crippen LogP contribution in [-0.2, 0) is 0 Å². The first-order valence-corrected chi connectivity index (χ1v) is 4.75. The summed E-state index contributed by atoms with van der Waals surface area (Å²) in [5, 5.41) is 8.84. The van der Waals surface area contributed by atoms with Crippen LogP contribution in [0.15, 0.2) is 18.3 Å². The summed E-state index contributed by atoms with van der Waals surface area (Å²) in [6, 6.07) is 3.00. The normalized spacial score (nSPS) is 10.2. The molecule has 14 heavy (non-hydrogen) atoms. The summed E-state index contributed by atoms with van der Waals surface area (Å²) in [7, 11) is 0. The van der Waals surface area contributed by atoms with Crippen molar-refractivity contribution in [3.05, 3.63) is 24.1 Å². The highest BCUT2D eigenvalue weighted by Gasteiger charge is 2.05. The van der Waals surface area contributed by atoms with Gasteiger partial charge < -0.3 is 10.0 Å². The number of aliphatic hydroxyl groups is 1. The van der Waals surface area contributed by atoms with Crippen molar-refractivity contribution in [2.75, 3.05) is 24.6 Å². The molecule has 3 nitrogen and oxygen atoms in total. The van der Waals surface area contributed by atoms with Crippen LogP contribution in [0.1, 0.15) is 13.3 Å². The van der Waals surface area contributed by atoms with Crippen molar-refractivity contribution < 1.29 is 9.50 Å². The molecule has 0 unspecified atom stereocenters. The maximum Gasteiger partial charge on any atom is 0.141 e. The van der Waals surface area contributed by atoms with Crippen LogP contribution in [-0.4, -0.2) is 29.8 Å². The van der Waals surface area contributed by atoms with E-state index in [2.05, 4.69) is 4.98 Å². The number of aliphatic hydroxyl groups excluding tert-OH is 1. The number of halogens is 1. The summed E-state index contributed by atoms with van der Waals surface area (Å²) < 4.78 is 12.6. The Kier molecular flexibility index (Phi) is 4.32. The van der Waals surface area contributed by atoms with E-state index in [9.17, 15) is 4.39 Å². The van der Waals surface area contributed by atoms with Crippen LogP contribution in [0.4, 0.5) is 10.2 Å². The number of aromatic nitrogens is 1. The number of anilines is 1. The monoisotopic (exact) mass is 198 g/mol. The van der Waals surface area contributed by atoms with Crippen molar-refractivity contribution in [3.8, 4) is 0 Å². The zero-order chi connectivity index (χ0) is 10.4. The minimum atomic E-state index is -0.339. The van der Waals surface area contributed by atoms with E-state index in [0.29, 0.717) is 12.4 Å². The number of hydrogen-bond donors (Lipinski definition) is 1. The minimum absolute atomic E-state index is 0.0824. The lowest BCUT2D eigenvalue weighted by molar-refractivity contribution is 0.301. The molecule has 1 N–H and O–H groups in total. The van der Waals surface area contributed by atoms with Gasteiger partial charge in [-0.05, 0) is 18.6 Å². The first-order chi connectivity index (χ1) is 6.77. The van der Waals surface area contributed by atoms with E-state index in [1.165, 1.54) is 12.3 Å². The summed E-state index contributed by atoms with van der Waals surface area (Å²) in [6.45, 7) is 3.48. The summed E-state index contributed by atoms with van der Waals surface area (Å²) in [4.78, 5) is 5.89. The van der Waals surface area contributed by atoms with Gasteiger partial charge in [0.25, 0.3) is 0 Å². The maximum absolute atomic E-state index is 12.6. The first-order valence-electron chi connectivity index (χ1n) is 4.75. The van der Waals surface area contributed by atoms with Crippen LogP contribution in [0.3, 0.4) is 0 Å². The molecule has 0 bridgehead atoms. The van der Waals surface area contributed by atoms with Crippen LogP contribution in [0.25, 0.3) is 0 Å². The van der Waals surface area contributed by atoms with E-state index >= 15 is 0 Å². The van der Waals surface area contributed by atoms with E-state index in [0.717, 1.165) is 13.0 Å². The van der Waals surface area contributed by atoms with Crippen LogP contribution in [0, 0.1) is 5.82 Å². The van der Waals surface area contributed by atoms with Gasteiger partial charge in [0.05, 0.1) is 12.8 Å². The molecule has 78 valence electrons. The van der Waals surface area contributed by atoms with Gasteiger partial charge >= 0.3 is 0 Å². The average Bonchev–Trinajstić information content (AvgIpc) is 2.19. The predicted molar refractivity (Wildman–Crippen MR) is 53.8 cm³/mol. The Hall–Kier alpha value is -1.16. The second-order valence-corrected chi connectivity index (χ2v) is 3.05. The summed E-state index contributed by atoms with van der Waals surface area (Å²) >= 11 is 0. The molecule has 0 fully saturated rings. The zero-order valence-corrected chi connectivity index (χ0v) is 8.28. The second kappa shape index (κ2) is 5.54. The molecular formula is C10H15FN2O. The number of nitrogens with zero attached hydrogens (tertiary/aromatic N) is 2. The van der Waals surface area contributed by atoms with E-state index < -0.39 is 0 Å². The average molecular weight is 198 g/mol. The quantitative estimate of drug-likeness (QED) is 0.777. The number of rotatable bonds is 5. The van der Waals surface area contributed by atoms with Gasteiger partial charge in [-0.2, -0.15) is 0 Å². The van der Waals surface area contributed by atoms with E-state index in [1.54, 1.807) is 6.07 Å². The zero-order valence-electron chi connectivity index (χ0n) is 8.28. The van der Waals surface area contributed by atoms with Crippen LogP contribution < -0.4 is 4.90 Å². The first kappa shape index (κ1) is 10.9. The smallest absolute Gasteiger partial charge is 0.141 e. The van der Waals surface area contributed by atoms with Crippen LogP contribution in [0.5, 0.6) is 0 Å². The van der Waals surface area contributed by atoms with Gasteiger partial charge in [0.1, 0.15) is 11.6 Å². The SMILES string of the molecule is CCCN(CCO)c1ccc(F)cn1. The summed E-state index contributed by atoms with van der Waals surface area (Å²) in [5.41, 5.74) is 0. The molecule has 0 radical (unpaired) electrons. The standard InChI is InChI=1S/C10H15FN2O/c1-2-5-13(6-7-14)10-4-3-9(11)8-12-10/h3-4,8,14H,2,5-7H2,1H3. The van der Waals surface area contributed by atoms with Gasteiger partial charge in [-0.3, -0.25) is 0 Å². The summed E-state index contributed by atoms with van der Waals surface area (Å²) in [6.07, 6.45) is 2.16. The van der Waals surface area contributed by atoms with E-state index in [-0.39, 0.29) is 12.4 Å². The van der Waals surface area contributed by atoms with Gasteiger partial charge in [0.2, 0.25) is 0 Å². The highest BCUT2D eigenvalue weighted by molar-refractivity contribution is 5.37. The van der Waals surface area contributed by atoms with Crippen molar-refractivity contribution in [3.63, 3.8) is 0 Å². The third-order valence-electron chi connectivity index (χ3n) is 1.90. The molecule has 0 spiro atoms. The van der Waals surface area contributed by atoms with Gasteiger partial charge in [-0.25, -0.2) is 9.37 Å². The third-order valence-corrected chi connectivity index (χ3v) is 1.90. The fourth-order valence-corrected chi connectivity index (χ4v) is 1.29. The Morgan fingerprint density at radius 1 is 1.43 bits per heavy atom. The minimum Gasteiger partial charge on any atom is -0.395 e. The molecule has 1 rings (SSSR count). The van der Waals surface area contributed by atoms with Crippen molar-refractivity contribution in [2.24, 2.45) is 0 Å². The summed E-state index contributed by atoms with van der Waals surface area (Å²) in [5.74, 6) is 0.372. The maximum atomic E-state index is 12.6. The van der Waals surface area contributed by atoms with Crippen LogP contribution in [0.2, 0.25) is 0 Å². The number of pyridine rings is 1. The molecule has 0 saturated heterocycles. The molecule has 1 aromatic heterocycles. The van der Waals surface area contributed by atoms with Crippen molar-refractivity contribution in [1.29, 1.82) is 0 Å². The Morgan fingerprint density at radius 2 is 2.21 bits per heavy atom. The molecule has 1 heterocycles. The van der Waals surface area contributed by atoms with Gasteiger partial charge in [0, 0.05) is 13.1 Å². The molecule has 0 atom stereocenters. The molecule has 0 aliphatic carbocycles. The van der Waals surface area contributed by atoms with Crippen molar-refractivity contribution in [2.45, 2.75) is 13.3 Å². The van der Waals surface area contributed by atoms with Gasteiger partial charge in [0.15, 0.2) is 0 Å². The lowest BCUT2D eigenvalue weighted by atomic mass is 10.3. The molecule has 1 aromatic rings. The fourth-order valence-electron chi connectivity index (χ4n) is 1.29. The number of hydrogen-bond acceptors (Lipinski definition) is 3. The molecule has 0 saturated carbocycles. The highest BCUT2D eigenvalue weighted by Crippen LogP contribution is 2.10. The lowest BCUT2D eigenvalue weighted by Crippen LogP contribution is -2.28. The molecular weight excluding hydrogens is 183 g/mol. The van der Waals surface area contributed by atoms with Crippen LogP contribution >= 0.6 is 0 Å². The lowest BCUT2D eigenvalue weighted by Gasteiger charge is -2.21. The Bertz CT molecular complexity index is 257. The molecule has 4 heteroatoms. The Morgan fingerprint density at radius 3 is 2.71 bits per heavy atom. The topological polar surface area (TPSA) is 36.4 Å². The molecule has 0 amide bonds. The predicted octanol–water partition coefficient (Wildman–Crippen LogP) is 1.43. The Labute approximate surface area is 83.2 Å². The van der Waals surface area contributed by atoms with Gasteiger partial charge in [-0.15, -0.1) is 0 Å². The largest absolute Gasteiger partial charge is 0.395 e. The molecule has 0 aliphatic rings. The van der Waals surface area contributed by atoms with Crippen molar-refractivity contribution in [1.82, 2.24) is 4.98 Å². The van der Waals surface area contributed by atoms with Crippen molar-refractivity contribution >= 4 is 5.82 Å².